The van der Waals surface area contributed by atoms with Crippen LogP contribution >= 0.6 is 0 Å². The van der Waals surface area contributed by atoms with Gasteiger partial charge in [0.1, 0.15) is 0 Å². The summed E-state index contributed by atoms with van der Waals surface area (Å²) >= 11 is 0. The topological polar surface area (TPSA) is 65.0 Å². The van der Waals surface area contributed by atoms with Gasteiger partial charge in [0.05, 0.1) is 26.2 Å². The smallest absolute Gasteiger partial charge is 0.307 e. The number of aliphatic carboxylic acids is 1. The minimum atomic E-state index is -0.817. The average Bonchev–Trinajstić information content (AvgIpc) is 2.43. The third kappa shape index (κ3) is 7.89. The molecule has 112 valence electrons. The first-order valence-corrected chi connectivity index (χ1v) is 6.66. The van der Waals surface area contributed by atoms with Gasteiger partial charge in [-0.25, -0.2) is 0 Å². The summed E-state index contributed by atoms with van der Waals surface area (Å²) in [7, 11) is 1.65. The molecule has 0 heterocycles. The van der Waals surface area contributed by atoms with Crippen LogP contribution in [0.4, 0.5) is 0 Å². The Morgan fingerprint density at radius 3 is 2.30 bits per heavy atom. The van der Waals surface area contributed by atoms with Gasteiger partial charge in [-0.15, -0.1) is 0 Å². The molecule has 0 aliphatic heterocycles. The average molecular weight is 282 g/mol. The van der Waals surface area contributed by atoms with E-state index in [1.807, 2.05) is 24.3 Å². The van der Waals surface area contributed by atoms with E-state index in [1.54, 1.807) is 7.11 Å². The highest BCUT2D eigenvalue weighted by atomic mass is 16.5. The summed E-state index contributed by atoms with van der Waals surface area (Å²) in [6.07, 6.45) is 0.904. The van der Waals surface area contributed by atoms with Crippen molar-refractivity contribution in [2.24, 2.45) is 0 Å². The van der Waals surface area contributed by atoms with Crippen molar-refractivity contribution in [2.75, 3.05) is 33.5 Å². The molecule has 0 aliphatic rings. The van der Waals surface area contributed by atoms with Gasteiger partial charge in [0.15, 0.2) is 0 Å². The lowest BCUT2D eigenvalue weighted by Crippen LogP contribution is -2.05. The van der Waals surface area contributed by atoms with E-state index in [0.717, 1.165) is 17.5 Å². The van der Waals surface area contributed by atoms with Gasteiger partial charge in [-0.3, -0.25) is 4.79 Å². The Labute approximate surface area is 119 Å². The summed E-state index contributed by atoms with van der Waals surface area (Å²) in [4.78, 5) is 10.5. The van der Waals surface area contributed by atoms with Crippen LogP contribution in [0, 0.1) is 0 Å². The van der Waals surface area contributed by atoms with E-state index in [1.165, 1.54) is 0 Å². The molecule has 0 saturated heterocycles. The van der Waals surface area contributed by atoms with E-state index >= 15 is 0 Å². The first-order valence-electron chi connectivity index (χ1n) is 6.66. The molecule has 0 amide bonds. The predicted octanol–water partition coefficient (Wildman–Crippen LogP) is 1.88. The molecule has 1 N–H and O–H groups in total. The Balaban J connectivity index is 2.08. The Hall–Kier alpha value is -1.43. The number of rotatable bonds is 11. The predicted molar refractivity (Wildman–Crippen MR) is 74.7 cm³/mol. The van der Waals surface area contributed by atoms with Gasteiger partial charge in [-0.1, -0.05) is 24.3 Å². The highest BCUT2D eigenvalue weighted by Crippen LogP contribution is 2.06. The number of hydrogen-bond donors (Lipinski definition) is 1. The second-order valence-electron chi connectivity index (χ2n) is 4.40. The maximum atomic E-state index is 10.5. The van der Waals surface area contributed by atoms with Gasteiger partial charge in [0.25, 0.3) is 0 Å². The van der Waals surface area contributed by atoms with E-state index in [4.69, 9.17) is 19.3 Å². The molecule has 1 aromatic carbocycles. The van der Waals surface area contributed by atoms with Crippen LogP contribution in [0.5, 0.6) is 0 Å². The molecule has 5 nitrogen and oxygen atoms in total. The molecule has 0 aromatic heterocycles. The molecular weight excluding hydrogens is 260 g/mol. The molecule has 5 heteroatoms. The van der Waals surface area contributed by atoms with E-state index in [0.29, 0.717) is 33.0 Å². The summed E-state index contributed by atoms with van der Waals surface area (Å²) < 4.78 is 15.7. The monoisotopic (exact) mass is 282 g/mol. The van der Waals surface area contributed by atoms with Gasteiger partial charge in [-0.05, 0) is 17.5 Å². The molecule has 0 atom stereocenters. The maximum Gasteiger partial charge on any atom is 0.307 e. The van der Waals surface area contributed by atoms with Gasteiger partial charge in [0.2, 0.25) is 0 Å². The molecule has 0 saturated carbocycles. The molecular formula is C15H22O5. The highest BCUT2D eigenvalue weighted by molar-refractivity contribution is 5.70. The third-order valence-electron chi connectivity index (χ3n) is 2.66. The van der Waals surface area contributed by atoms with Gasteiger partial charge < -0.3 is 19.3 Å². The highest BCUT2D eigenvalue weighted by Gasteiger charge is 2.00. The molecule has 0 unspecified atom stereocenters. The van der Waals surface area contributed by atoms with E-state index in [-0.39, 0.29) is 6.42 Å². The number of carboxylic acid groups (broad SMARTS) is 1. The van der Waals surface area contributed by atoms with Gasteiger partial charge in [-0.2, -0.15) is 0 Å². The fourth-order valence-corrected chi connectivity index (χ4v) is 1.63. The molecule has 0 bridgehead atoms. The second-order valence-corrected chi connectivity index (χ2v) is 4.40. The van der Waals surface area contributed by atoms with Crippen LogP contribution in [0.3, 0.4) is 0 Å². The summed E-state index contributed by atoms with van der Waals surface area (Å²) in [5.74, 6) is -0.817. The number of methoxy groups -OCH3 is 1. The number of ether oxygens (including phenoxy) is 3. The Bertz CT molecular complexity index is 374. The number of carboxylic acids is 1. The second kappa shape index (κ2) is 10.4. The van der Waals surface area contributed by atoms with Crippen LogP contribution in [-0.2, 0) is 32.0 Å². The van der Waals surface area contributed by atoms with Gasteiger partial charge in [0, 0.05) is 20.3 Å². The first kappa shape index (κ1) is 16.6. The van der Waals surface area contributed by atoms with E-state index in [2.05, 4.69) is 0 Å². The van der Waals surface area contributed by atoms with Crippen molar-refractivity contribution in [1.82, 2.24) is 0 Å². The van der Waals surface area contributed by atoms with Crippen LogP contribution in [0.1, 0.15) is 17.5 Å². The quantitative estimate of drug-likeness (QED) is 0.628. The van der Waals surface area contributed by atoms with Crippen molar-refractivity contribution in [3.05, 3.63) is 35.4 Å². The van der Waals surface area contributed by atoms with Crippen molar-refractivity contribution in [2.45, 2.75) is 19.4 Å². The summed E-state index contributed by atoms with van der Waals surface area (Å²) in [6.45, 7) is 3.07. The number of hydrogen-bond acceptors (Lipinski definition) is 4. The Morgan fingerprint density at radius 1 is 1.00 bits per heavy atom. The minimum absolute atomic E-state index is 0.0555. The van der Waals surface area contributed by atoms with Crippen molar-refractivity contribution >= 4 is 5.97 Å². The number of benzene rings is 1. The molecule has 1 aromatic rings. The van der Waals surface area contributed by atoms with Crippen LogP contribution in [-0.4, -0.2) is 44.6 Å². The zero-order valence-corrected chi connectivity index (χ0v) is 11.8. The molecule has 0 spiro atoms. The first-order chi connectivity index (χ1) is 9.72. The van der Waals surface area contributed by atoms with Crippen molar-refractivity contribution in [3.8, 4) is 0 Å². The zero-order valence-electron chi connectivity index (χ0n) is 11.8. The molecule has 0 radical (unpaired) electrons. The molecule has 0 fully saturated rings. The number of carbonyl (C=O) groups is 1. The van der Waals surface area contributed by atoms with Crippen molar-refractivity contribution < 1.29 is 24.1 Å². The molecule has 1 rings (SSSR count). The minimum Gasteiger partial charge on any atom is -0.481 e. The summed E-state index contributed by atoms with van der Waals surface area (Å²) in [6, 6.07) is 7.43. The normalized spacial score (nSPS) is 10.7. The maximum absolute atomic E-state index is 10.5. The Morgan fingerprint density at radius 2 is 1.65 bits per heavy atom. The fourth-order valence-electron chi connectivity index (χ4n) is 1.63. The SMILES string of the molecule is COCCOCCCOCc1ccc(CC(=O)O)cc1. The lowest BCUT2D eigenvalue weighted by molar-refractivity contribution is -0.136. The van der Waals surface area contributed by atoms with Crippen LogP contribution < -0.4 is 0 Å². The standard InChI is InChI=1S/C15H22O5/c1-18-9-10-19-7-2-8-20-12-14-5-3-13(4-6-14)11-15(16)17/h3-6H,2,7-12H2,1H3,(H,16,17). The summed E-state index contributed by atoms with van der Waals surface area (Å²) in [5, 5.41) is 8.67. The van der Waals surface area contributed by atoms with Crippen LogP contribution in [0.2, 0.25) is 0 Å². The van der Waals surface area contributed by atoms with E-state index in [9.17, 15) is 4.79 Å². The van der Waals surface area contributed by atoms with E-state index < -0.39 is 5.97 Å². The third-order valence-corrected chi connectivity index (χ3v) is 2.66. The fraction of sp³-hybridized carbons (Fsp3) is 0.533. The molecule has 20 heavy (non-hydrogen) atoms. The lowest BCUT2D eigenvalue weighted by atomic mass is 10.1. The summed E-state index contributed by atoms with van der Waals surface area (Å²) in [5.41, 5.74) is 1.84. The van der Waals surface area contributed by atoms with Crippen LogP contribution in [0.25, 0.3) is 0 Å². The largest absolute Gasteiger partial charge is 0.481 e. The van der Waals surface area contributed by atoms with Crippen molar-refractivity contribution in [1.29, 1.82) is 0 Å². The van der Waals surface area contributed by atoms with Crippen molar-refractivity contribution in [3.63, 3.8) is 0 Å². The zero-order chi connectivity index (χ0) is 14.6. The lowest BCUT2D eigenvalue weighted by Gasteiger charge is -2.06. The van der Waals surface area contributed by atoms with Gasteiger partial charge >= 0.3 is 5.97 Å². The Kier molecular flexibility index (Phi) is 8.62. The van der Waals surface area contributed by atoms with Crippen LogP contribution in [0.15, 0.2) is 24.3 Å². The molecule has 0 aliphatic carbocycles.